The van der Waals surface area contributed by atoms with Gasteiger partial charge in [0, 0.05) is 0 Å². The zero-order valence-electron chi connectivity index (χ0n) is 10.8. The van der Waals surface area contributed by atoms with Crippen molar-refractivity contribution in [2.24, 2.45) is 0 Å². The molecule has 0 fully saturated rings. The molecule has 1 aromatic rings. The molecule has 94 valence electrons. The number of hydrogen-bond acceptors (Lipinski definition) is 3. The number of methoxy groups -OCH3 is 1. The van der Waals surface area contributed by atoms with E-state index in [2.05, 4.69) is 0 Å². The number of ether oxygens (including phenoxy) is 2. The maximum atomic E-state index is 13.3. The van der Waals surface area contributed by atoms with Crippen molar-refractivity contribution in [2.45, 2.75) is 33.3 Å². The molecule has 1 aromatic carbocycles. The molecule has 0 bridgehead atoms. The molecule has 0 saturated heterocycles. The molecule has 0 N–H and O–H groups in total. The second kappa shape index (κ2) is 4.73. The Morgan fingerprint density at radius 3 is 2.35 bits per heavy atom. The van der Waals surface area contributed by atoms with Gasteiger partial charge in [0.1, 0.15) is 22.7 Å². The van der Waals surface area contributed by atoms with E-state index in [1.165, 1.54) is 13.2 Å². The summed E-state index contributed by atoms with van der Waals surface area (Å²) in [6.07, 6.45) is 0. The molecular weight excluding hydrogens is 223 g/mol. The molecule has 0 aliphatic rings. The predicted octanol–water partition coefficient (Wildman–Crippen LogP) is 3.10. The lowest BCUT2D eigenvalue weighted by Gasteiger charge is -2.20. The van der Waals surface area contributed by atoms with Crippen LogP contribution in [0.15, 0.2) is 12.1 Å². The quantitative estimate of drug-likeness (QED) is 0.745. The highest BCUT2D eigenvalue weighted by atomic mass is 19.1. The molecule has 0 aliphatic carbocycles. The van der Waals surface area contributed by atoms with Gasteiger partial charge in [-0.2, -0.15) is 0 Å². The van der Waals surface area contributed by atoms with Crippen molar-refractivity contribution in [3.8, 4) is 5.75 Å². The SMILES string of the molecule is COc1c(C)cc(F)cc1C(=O)OC(C)(C)C. The van der Waals surface area contributed by atoms with Crippen LogP contribution in [0.3, 0.4) is 0 Å². The first-order chi connectivity index (χ1) is 7.74. The number of rotatable bonds is 2. The largest absolute Gasteiger partial charge is 0.496 e. The monoisotopic (exact) mass is 240 g/mol. The summed E-state index contributed by atoms with van der Waals surface area (Å²) in [6, 6.07) is 2.44. The molecule has 0 unspecified atom stereocenters. The van der Waals surface area contributed by atoms with Gasteiger partial charge in [0.2, 0.25) is 0 Å². The van der Waals surface area contributed by atoms with Gasteiger partial charge in [-0.3, -0.25) is 0 Å². The molecule has 0 aromatic heterocycles. The van der Waals surface area contributed by atoms with Crippen molar-refractivity contribution in [1.29, 1.82) is 0 Å². The lowest BCUT2D eigenvalue weighted by molar-refractivity contribution is 0.00658. The highest BCUT2D eigenvalue weighted by molar-refractivity contribution is 5.93. The first-order valence-electron chi connectivity index (χ1n) is 5.32. The Kier molecular flexibility index (Phi) is 3.76. The fraction of sp³-hybridized carbons (Fsp3) is 0.462. The maximum absolute atomic E-state index is 13.3. The Bertz CT molecular complexity index is 433. The first kappa shape index (κ1) is 13.5. The normalized spacial score (nSPS) is 11.2. The Morgan fingerprint density at radius 1 is 1.29 bits per heavy atom. The second-order valence-corrected chi connectivity index (χ2v) is 4.81. The topological polar surface area (TPSA) is 35.5 Å². The van der Waals surface area contributed by atoms with Gasteiger partial charge in [0.15, 0.2) is 0 Å². The van der Waals surface area contributed by atoms with E-state index in [1.807, 2.05) is 0 Å². The molecular formula is C13H17FO3. The lowest BCUT2D eigenvalue weighted by atomic mass is 10.1. The van der Waals surface area contributed by atoms with Crippen LogP contribution >= 0.6 is 0 Å². The summed E-state index contributed by atoms with van der Waals surface area (Å²) in [4.78, 5) is 11.9. The van der Waals surface area contributed by atoms with Gasteiger partial charge >= 0.3 is 5.97 Å². The minimum atomic E-state index is -0.623. The van der Waals surface area contributed by atoms with E-state index in [4.69, 9.17) is 9.47 Å². The molecule has 0 heterocycles. The van der Waals surface area contributed by atoms with Crippen LogP contribution in [-0.4, -0.2) is 18.7 Å². The van der Waals surface area contributed by atoms with Crippen LogP contribution in [0.5, 0.6) is 5.75 Å². The van der Waals surface area contributed by atoms with Crippen molar-refractivity contribution in [3.63, 3.8) is 0 Å². The Hall–Kier alpha value is -1.58. The molecule has 3 nitrogen and oxygen atoms in total. The van der Waals surface area contributed by atoms with Crippen LogP contribution in [0, 0.1) is 12.7 Å². The van der Waals surface area contributed by atoms with Crippen molar-refractivity contribution in [2.75, 3.05) is 7.11 Å². The van der Waals surface area contributed by atoms with Gasteiger partial charge in [-0.1, -0.05) is 0 Å². The number of carbonyl (C=O) groups is 1. The number of esters is 1. The predicted molar refractivity (Wildman–Crippen MR) is 62.9 cm³/mol. The molecule has 4 heteroatoms. The Balaban J connectivity index is 3.16. The summed E-state index contributed by atoms with van der Waals surface area (Å²) in [5.41, 5.74) is 0.0516. The van der Waals surface area contributed by atoms with Crippen molar-refractivity contribution in [3.05, 3.63) is 29.1 Å². The van der Waals surface area contributed by atoms with Crippen molar-refractivity contribution >= 4 is 5.97 Å². The Labute approximate surface area is 101 Å². The minimum Gasteiger partial charge on any atom is -0.496 e. The summed E-state index contributed by atoms with van der Waals surface area (Å²) in [5, 5.41) is 0. The van der Waals surface area contributed by atoms with Crippen LogP contribution in [0.1, 0.15) is 36.7 Å². The molecule has 0 amide bonds. The summed E-state index contributed by atoms with van der Waals surface area (Å²) < 4.78 is 23.6. The van der Waals surface area contributed by atoms with E-state index in [0.717, 1.165) is 6.07 Å². The van der Waals surface area contributed by atoms with Gasteiger partial charge in [-0.05, 0) is 45.4 Å². The number of carbonyl (C=O) groups excluding carboxylic acids is 1. The first-order valence-corrected chi connectivity index (χ1v) is 5.32. The number of hydrogen-bond donors (Lipinski definition) is 0. The van der Waals surface area contributed by atoms with Gasteiger partial charge in [0.25, 0.3) is 0 Å². The van der Waals surface area contributed by atoms with E-state index >= 15 is 0 Å². The third kappa shape index (κ3) is 3.44. The van der Waals surface area contributed by atoms with Gasteiger partial charge in [-0.15, -0.1) is 0 Å². The van der Waals surface area contributed by atoms with Gasteiger partial charge in [-0.25, -0.2) is 9.18 Å². The van der Waals surface area contributed by atoms with E-state index in [9.17, 15) is 9.18 Å². The third-order valence-corrected chi connectivity index (χ3v) is 2.06. The van der Waals surface area contributed by atoms with E-state index < -0.39 is 17.4 Å². The molecule has 0 radical (unpaired) electrons. The zero-order chi connectivity index (χ0) is 13.2. The fourth-order valence-corrected chi connectivity index (χ4v) is 1.49. The average molecular weight is 240 g/mol. The van der Waals surface area contributed by atoms with Crippen LogP contribution in [0.4, 0.5) is 4.39 Å². The smallest absolute Gasteiger partial charge is 0.342 e. The highest BCUT2D eigenvalue weighted by Gasteiger charge is 2.22. The maximum Gasteiger partial charge on any atom is 0.342 e. The van der Waals surface area contributed by atoms with E-state index in [1.54, 1.807) is 27.7 Å². The average Bonchev–Trinajstić information content (AvgIpc) is 2.13. The fourth-order valence-electron chi connectivity index (χ4n) is 1.49. The zero-order valence-corrected chi connectivity index (χ0v) is 10.8. The van der Waals surface area contributed by atoms with Gasteiger partial charge in [0.05, 0.1) is 7.11 Å². The van der Waals surface area contributed by atoms with Crippen LogP contribution in [0.2, 0.25) is 0 Å². The molecule has 0 atom stereocenters. The summed E-state index contributed by atoms with van der Waals surface area (Å²) in [6.45, 7) is 6.94. The molecule has 0 saturated carbocycles. The molecule has 1 rings (SSSR count). The number of aryl methyl sites for hydroxylation is 1. The lowest BCUT2D eigenvalue weighted by Crippen LogP contribution is -2.24. The van der Waals surface area contributed by atoms with Crippen molar-refractivity contribution in [1.82, 2.24) is 0 Å². The van der Waals surface area contributed by atoms with Crippen molar-refractivity contribution < 1.29 is 18.7 Å². The molecule has 0 aliphatic heterocycles. The van der Waals surface area contributed by atoms with Crippen LogP contribution in [-0.2, 0) is 4.74 Å². The Morgan fingerprint density at radius 2 is 1.88 bits per heavy atom. The van der Waals surface area contributed by atoms with Crippen LogP contribution < -0.4 is 4.74 Å². The highest BCUT2D eigenvalue weighted by Crippen LogP contribution is 2.26. The molecule has 0 spiro atoms. The van der Waals surface area contributed by atoms with E-state index in [0.29, 0.717) is 11.3 Å². The minimum absolute atomic E-state index is 0.111. The number of halogens is 1. The standard InChI is InChI=1S/C13H17FO3/c1-8-6-9(14)7-10(11(8)16-5)12(15)17-13(2,3)4/h6-7H,1-5H3. The third-order valence-electron chi connectivity index (χ3n) is 2.06. The van der Waals surface area contributed by atoms with E-state index in [-0.39, 0.29) is 5.56 Å². The second-order valence-electron chi connectivity index (χ2n) is 4.81. The number of benzene rings is 1. The molecule has 17 heavy (non-hydrogen) atoms. The van der Waals surface area contributed by atoms with Crippen LogP contribution in [0.25, 0.3) is 0 Å². The van der Waals surface area contributed by atoms with Gasteiger partial charge < -0.3 is 9.47 Å². The summed E-state index contributed by atoms with van der Waals surface area (Å²) >= 11 is 0. The summed E-state index contributed by atoms with van der Waals surface area (Å²) in [7, 11) is 1.44. The summed E-state index contributed by atoms with van der Waals surface area (Å²) in [5.74, 6) is -0.721.